The van der Waals surface area contributed by atoms with Gasteiger partial charge in [0.2, 0.25) is 0 Å². The predicted molar refractivity (Wildman–Crippen MR) is 62.9 cm³/mol. The van der Waals surface area contributed by atoms with E-state index in [0.717, 1.165) is 17.8 Å². The van der Waals surface area contributed by atoms with Gasteiger partial charge in [0.15, 0.2) is 0 Å². The summed E-state index contributed by atoms with van der Waals surface area (Å²) in [6, 6.07) is 4.59. The summed E-state index contributed by atoms with van der Waals surface area (Å²) >= 11 is 0. The number of fused-ring (bicyclic) bond motifs is 1. The van der Waals surface area contributed by atoms with Crippen LogP contribution in [0.15, 0.2) is 18.2 Å². The van der Waals surface area contributed by atoms with Gasteiger partial charge in [-0.05, 0) is 6.07 Å². The molecular formula is C11H13N3O3. The number of aliphatic hydroxyl groups is 1. The van der Waals surface area contributed by atoms with E-state index in [9.17, 15) is 10.1 Å². The minimum Gasteiger partial charge on any atom is -0.395 e. The summed E-state index contributed by atoms with van der Waals surface area (Å²) in [7, 11) is 0. The monoisotopic (exact) mass is 235 g/mol. The van der Waals surface area contributed by atoms with E-state index < -0.39 is 4.92 Å². The average molecular weight is 235 g/mol. The van der Waals surface area contributed by atoms with Gasteiger partial charge in [-0.2, -0.15) is 0 Å². The Bertz CT molecular complexity index is 562. The molecule has 90 valence electrons. The summed E-state index contributed by atoms with van der Waals surface area (Å²) < 4.78 is 1.89. The Labute approximate surface area is 97.7 Å². The Morgan fingerprint density at radius 1 is 1.53 bits per heavy atom. The van der Waals surface area contributed by atoms with E-state index >= 15 is 0 Å². The molecule has 17 heavy (non-hydrogen) atoms. The molecule has 0 aliphatic rings. The van der Waals surface area contributed by atoms with Crippen molar-refractivity contribution in [1.29, 1.82) is 0 Å². The quantitative estimate of drug-likeness (QED) is 0.643. The van der Waals surface area contributed by atoms with Crippen molar-refractivity contribution in [1.82, 2.24) is 9.55 Å². The first-order valence-corrected chi connectivity index (χ1v) is 5.41. The van der Waals surface area contributed by atoms with Crippen LogP contribution in [0, 0.1) is 10.1 Å². The van der Waals surface area contributed by atoms with Gasteiger partial charge in [0, 0.05) is 25.1 Å². The van der Waals surface area contributed by atoms with E-state index in [1.165, 1.54) is 12.1 Å². The molecule has 2 rings (SSSR count). The summed E-state index contributed by atoms with van der Waals surface area (Å²) in [5, 5.41) is 19.7. The topological polar surface area (TPSA) is 81.2 Å². The van der Waals surface area contributed by atoms with Crippen molar-refractivity contribution in [3.8, 4) is 0 Å². The van der Waals surface area contributed by atoms with Crippen LogP contribution in [0.3, 0.4) is 0 Å². The number of imidazole rings is 1. The van der Waals surface area contributed by atoms with Gasteiger partial charge in [0.1, 0.15) is 5.82 Å². The summed E-state index contributed by atoms with van der Waals surface area (Å²) in [5.74, 6) is 0.828. The van der Waals surface area contributed by atoms with Crippen molar-refractivity contribution in [3.05, 3.63) is 34.1 Å². The van der Waals surface area contributed by atoms with Crippen LogP contribution < -0.4 is 0 Å². The number of hydrogen-bond acceptors (Lipinski definition) is 4. The van der Waals surface area contributed by atoms with Crippen LogP contribution in [0.25, 0.3) is 11.0 Å². The maximum absolute atomic E-state index is 10.7. The third-order valence-corrected chi connectivity index (χ3v) is 2.66. The zero-order valence-corrected chi connectivity index (χ0v) is 9.46. The Morgan fingerprint density at radius 3 is 2.88 bits per heavy atom. The molecule has 1 aromatic carbocycles. The van der Waals surface area contributed by atoms with E-state index in [1.54, 1.807) is 6.07 Å². The van der Waals surface area contributed by atoms with Crippen molar-refractivity contribution in [3.63, 3.8) is 0 Å². The highest BCUT2D eigenvalue weighted by molar-refractivity contribution is 5.78. The molecule has 0 atom stereocenters. The van der Waals surface area contributed by atoms with Gasteiger partial charge >= 0.3 is 0 Å². The minimum absolute atomic E-state index is 0.0233. The number of aryl methyl sites for hydroxylation is 1. The average Bonchev–Trinajstić information content (AvgIpc) is 2.67. The molecule has 0 radical (unpaired) electrons. The lowest BCUT2D eigenvalue weighted by atomic mass is 10.3. The van der Waals surface area contributed by atoms with Crippen molar-refractivity contribution < 1.29 is 10.0 Å². The SMILES string of the molecule is CCc1nc2cc([N+](=O)[O-])ccc2n1CCO. The zero-order chi connectivity index (χ0) is 12.4. The number of nitrogens with zero attached hydrogens (tertiary/aromatic N) is 3. The molecule has 0 aliphatic carbocycles. The number of non-ortho nitro benzene ring substituents is 1. The number of benzene rings is 1. The van der Waals surface area contributed by atoms with Gasteiger partial charge in [-0.25, -0.2) is 4.98 Å². The standard InChI is InChI=1S/C11H13N3O3/c1-2-11-12-9-7-8(14(16)17)3-4-10(9)13(11)5-6-15/h3-4,7,15H,2,5-6H2,1H3. The number of aromatic nitrogens is 2. The number of aliphatic hydroxyl groups excluding tert-OH is 1. The Hall–Kier alpha value is -1.95. The molecule has 0 saturated heterocycles. The molecule has 0 unspecified atom stereocenters. The van der Waals surface area contributed by atoms with Crippen molar-refractivity contribution in [2.75, 3.05) is 6.61 Å². The van der Waals surface area contributed by atoms with Crippen molar-refractivity contribution >= 4 is 16.7 Å². The lowest BCUT2D eigenvalue weighted by Gasteiger charge is -2.04. The number of nitro groups is 1. The van der Waals surface area contributed by atoms with E-state index in [4.69, 9.17) is 5.11 Å². The van der Waals surface area contributed by atoms with Gasteiger partial charge in [-0.1, -0.05) is 6.92 Å². The van der Waals surface area contributed by atoms with Crippen LogP contribution in [-0.4, -0.2) is 26.2 Å². The molecule has 1 heterocycles. The molecule has 6 heteroatoms. The molecule has 0 aliphatic heterocycles. The van der Waals surface area contributed by atoms with Gasteiger partial charge in [0.05, 0.1) is 22.6 Å². The number of rotatable bonds is 4. The molecule has 0 saturated carbocycles. The lowest BCUT2D eigenvalue weighted by Crippen LogP contribution is -2.05. The Kier molecular flexibility index (Phi) is 3.06. The van der Waals surface area contributed by atoms with Crippen LogP contribution in [0.5, 0.6) is 0 Å². The summed E-state index contributed by atoms with van der Waals surface area (Å²) in [5.41, 5.74) is 1.46. The third-order valence-electron chi connectivity index (χ3n) is 2.66. The predicted octanol–water partition coefficient (Wildman–Crippen LogP) is 1.50. The van der Waals surface area contributed by atoms with Gasteiger partial charge in [-0.3, -0.25) is 10.1 Å². The van der Waals surface area contributed by atoms with Gasteiger partial charge in [0.25, 0.3) is 5.69 Å². The summed E-state index contributed by atoms with van der Waals surface area (Å²) in [4.78, 5) is 14.6. The second kappa shape index (κ2) is 4.50. The number of nitro benzene ring substituents is 1. The van der Waals surface area contributed by atoms with E-state index in [0.29, 0.717) is 12.1 Å². The van der Waals surface area contributed by atoms with Crippen LogP contribution >= 0.6 is 0 Å². The Balaban J connectivity index is 2.61. The molecular weight excluding hydrogens is 222 g/mol. The highest BCUT2D eigenvalue weighted by Gasteiger charge is 2.13. The first-order valence-electron chi connectivity index (χ1n) is 5.41. The fourth-order valence-corrected chi connectivity index (χ4v) is 1.90. The normalized spacial score (nSPS) is 10.9. The minimum atomic E-state index is -0.434. The molecule has 0 spiro atoms. The van der Waals surface area contributed by atoms with Crippen LogP contribution in [0.4, 0.5) is 5.69 Å². The van der Waals surface area contributed by atoms with E-state index in [1.807, 2.05) is 11.5 Å². The van der Waals surface area contributed by atoms with E-state index in [2.05, 4.69) is 4.98 Å². The highest BCUT2D eigenvalue weighted by atomic mass is 16.6. The van der Waals surface area contributed by atoms with Crippen molar-refractivity contribution in [2.24, 2.45) is 0 Å². The molecule has 2 aromatic rings. The van der Waals surface area contributed by atoms with Crippen LogP contribution in [0.2, 0.25) is 0 Å². The fourth-order valence-electron chi connectivity index (χ4n) is 1.90. The maximum atomic E-state index is 10.7. The first kappa shape index (κ1) is 11.5. The van der Waals surface area contributed by atoms with Crippen molar-refractivity contribution in [2.45, 2.75) is 19.9 Å². The Morgan fingerprint density at radius 2 is 2.29 bits per heavy atom. The maximum Gasteiger partial charge on any atom is 0.271 e. The van der Waals surface area contributed by atoms with Crippen LogP contribution in [0.1, 0.15) is 12.7 Å². The smallest absolute Gasteiger partial charge is 0.271 e. The van der Waals surface area contributed by atoms with E-state index in [-0.39, 0.29) is 12.3 Å². The molecule has 1 aromatic heterocycles. The van der Waals surface area contributed by atoms with Crippen LogP contribution in [-0.2, 0) is 13.0 Å². The second-order valence-electron chi connectivity index (χ2n) is 3.69. The molecule has 0 bridgehead atoms. The lowest BCUT2D eigenvalue weighted by molar-refractivity contribution is -0.384. The highest BCUT2D eigenvalue weighted by Crippen LogP contribution is 2.22. The summed E-state index contributed by atoms with van der Waals surface area (Å²) in [6.45, 7) is 2.44. The second-order valence-corrected chi connectivity index (χ2v) is 3.69. The molecule has 0 amide bonds. The molecule has 6 nitrogen and oxygen atoms in total. The third kappa shape index (κ3) is 1.99. The number of hydrogen-bond donors (Lipinski definition) is 1. The van der Waals surface area contributed by atoms with Gasteiger partial charge < -0.3 is 9.67 Å². The van der Waals surface area contributed by atoms with Gasteiger partial charge in [-0.15, -0.1) is 0 Å². The fraction of sp³-hybridized carbons (Fsp3) is 0.364. The first-order chi connectivity index (χ1) is 8.17. The molecule has 1 N–H and O–H groups in total. The zero-order valence-electron chi connectivity index (χ0n) is 9.46. The molecule has 0 fully saturated rings. The summed E-state index contributed by atoms with van der Waals surface area (Å²) in [6.07, 6.45) is 0.725. The largest absolute Gasteiger partial charge is 0.395 e.